The lowest BCUT2D eigenvalue weighted by molar-refractivity contribution is -0.0543. The fourth-order valence-electron chi connectivity index (χ4n) is 3.20. The van der Waals surface area contributed by atoms with Gasteiger partial charge in [-0.05, 0) is 18.9 Å². The zero-order valence-electron chi connectivity index (χ0n) is 14.7. The van der Waals surface area contributed by atoms with Gasteiger partial charge >= 0.3 is 0 Å². The molecule has 3 heterocycles. The van der Waals surface area contributed by atoms with Gasteiger partial charge < -0.3 is 4.74 Å². The number of rotatable bonds is 4. The van der Waals surface area contributed by atoms with E-state index >= 15 is 0 Å². The van der Waals surface area contributed by atoms with Crippen molar-refractivity contribution < 1.29 is 9.53 Å². The molecule has 6 nitrogen and oxygen atoms in total. The summed E-state index contributed by atoms with van der Waals surface area (Å²) in [6.07, 6.45) is 1.54. The Morgan fingerprint density at radius 2 is 2.12 bits per heavy atom. The Bertz CT molecular complexity index is 1040. The first-order valence-electron chi connectivity index (χ1n) is 8.61. The van der Waals surface area contributed by atoms with E-state index in [4.69, 9.17) is 4.74 Å². The third-order valence-corrected chi connectivity index (χ3v) is 6.09. The van der Waals surface area contributed by atoms with Crippen molar-refractivity contribution in [2.24, 2.45) is 0 Å². The first-order valence-corrected chi connectivity index (χ1v) is 9.42. The molecule has 7 heteroatoms. The molecule has 0 saturated carbocycles. The second kappa shape index (κ2) is 6.41. The minimum Gasteiger partial charge on any atom is -0.369 e. The third kappa shape index (κ3) is 2.87. The van der Waals surface area contributed by atoms with Crippen LogP contribution in [-0.4, -0.2) is 26.4 Å². The summed E-state index contributed by atoms with van der Waals surface area (Å²) in [5.41, 5.74) is 1.03. The number of thiophene rings is 1. The average molecular weight is 369 g/mol. The molecule has 1 atom stereocenters. The van der Waals surface area contributed by atoms with Crippen LogP contribution in [0.5, 0.6) is 0 Å². The van der Waals surface area contributed by atoms with Crippen molar-refractivity contribution in [1.29, 1.82) is 0 Å². The number of Topliss-reactive ketones (excluding diaryl/α,β-unsaturated/α-hetero) is 1. The van der Waals surface area contributed by atoms with Crippen molar-refractivity contribution in [2.75, 3.05) is 0 Å². The van der Waals surface area contributed by atoms with Gasteiger partial charge in [0.25, 0.3) is 5.56 Å². The van der Waals surface area contributed by atoms with Crippen LogP contribution in [0.4, 0.5) is 0 Å². The van der Waals surface area contributed by atoms with Crippen molar-refractivity contribution in [1.82, 2.24) is 15.0 Å². The Morgan fingerprint density at radius 1 is 1.35 bits per heavy atom. The molecule has 0 saturated heterocycles. The Labute approximate surface area is 154 Å². The lowest BCUT2D eigenvalue weighted by Gasteiger charge is -2.32. The maximum absolute atomic E-state index is 13.0. The van der Waals surface area contributed by atoms with Gasteiger partial charge in [0, 0.05) is 16.9 Å². The second-order valence-corrected chi connectivity index (χ2v) is 7.88. The Morgan fingerprint density at radius 3 is 2.85 bits per heavy atom. The van der Waals surface area contributed by atoms with E-state index in [1.165, 1.54) is 16.0 Å². The van der Waals surface area contributed by atoms with Crippen LogP contribution >= 0.6 is 11.3 Å². The van der Waals surface area contributed by atoms with Crippen LogP contribution < -0.4 is 5.56 Å². The molecule has 134 valence electrons. The largest absolute Gasteiger partial charge is 0.369 e. The van der Waals surface area contributed by atoms with Gasteiger partial charge in [-0.15, -0.1) is 16.4 Å². The summed E-state index contributed by atoms with van der Waals surface area (Å²) >= 11 is 1.45. The Hall–Kier alpha value is -2.38. The molecule has 0 N–H and O–H groups in total. The van der Waals surface area contributed by atoms with E-state index in [0.717, 1.165) is 16.9 Å². The monoisotopic (exact) mass is 369 g/mol. The number of fused-ring (bicyclic) bond motifs is 3. The van der Waals surface area contributed by atoms with E-state index in [9.17, 15) is 9.59 Å². The van der Waals surface area contributed by atoms with Crippen molar-refractivity contribution in [2.45, 2.75) is 45.4 Å². The van der Waals surface area contributed by atoms with Gasteiger partial charge in [0.1, 0.15) is 6.54 Å². The third-order valence-electron chi connectivity index (χ3n) is 5.00. The van der Waals surface area contributed by atoms with Gasteiger partial charge in [0.2, 0.25) is 0 Å². The van der Waals surface area contributed by atoms with Gasteiger partial charge in [-0.1, -0.05) is 42.5 Å². The van der Waals surface area contributed by atoms with Crippen LogP contribution in [-0.2, 0) is 24.3 Å². The molecule has 4 rings (SSSR count). The molecule has 0 fully saturated rings. The smallest absolute Gasteiger partial charge is 0.279 e. The summed E-state index contributed by atoms with van der Waals surface area (Å²) in [4.78, 5) is 27.1. The van der Waals surface area contributed by atoms with E-state index in [2.05, 4.69) is 24.2 Å². The first kappa shape index (κ1) is 17.1. The second-order valence-electron chi connectivity index (χ2n) is 6.79. The van der Waals surface area contributed by atoms with Crippen LogP contribution in [0, 0.1) is 0 Å². The number of ether oxygens (including phenoxy) is 1. The molecule has 2 aromatic heterocycles. The number of hydrogen-bond donors (Lipinski definition) is 0. The molecule has 0 amide bonds. The summed E-state index contributed by atoms with van der Waals surface area (Å²) in [6.45, 7) is 4.52. The van der Waals surface area contributed by atoms with E-state index < -0.39 is 0 Å². The lowest BCUT2D eigenvalue weighted by Crippen LogP contribution is -2.35. The SMILES string of the molecule is CCC1(C)Cc2c(sc3nnn(CC(=O)c4ccccc4)c(=O)c23)CO1. The maximum atomic E-state index is 13.0. The maximum Gasteiger partial charge on any atom is 0.279 e. The van der Waals surface area contributed by atoms with Gasteiger partial charge in [0.05, 0.1) is 17.6 Å². The fourth-order valence-corrected chi connectivity index (χ4v) is 4.24. The van der Waals surface area contributed by atoms with Crippen LogP contribution in [0.3, 0.4) is 0 Å². The van der Waals surface area contributed by atoms with Crippen LogP contribution in [0.15, 0.2) is 35.1 Å². The Balaban J connectivity index is 1.75. The number of carbonyl (C=O) groups excluding carboxylic acids is 1. The normalized spacial score (nSPS) is 19.5. The summed E-state index contributed by atoms with van der Waals surface area (Å²) in [7, 11) is 0. The molecule has 1 aliphatic rings. The summed E-state index contributed by atoms with van der Waals surface area (Å²) < 4.78 is 7.13. The van der Waals surface area contributed by atoms with E-state index in [-0.39, 0.29) is 23.5 Å². The number of ketones is 1. The lowest BCUT2D eigenvalue weighted by atomic mass is 9.90. The van der Waals surface area contributed by atoms with Crippen molar-refractivity contribution in [3.05, 3.63) is 56.7 Å². The molecule has 1 aliphatic heterocycles. The van der Waals surface area contributed by atoms with Gasteiger partial charge in [-0.2, -0.15) is 0 Å². The molecule has 1 aromatic carbocycles. The van der Waals surface area contributed by atoms with Crippen molar-refractivity contribution >= 4 is 27.3 Å². The van der Waals surface area contributed by atoms with Gasteiger partial charge in [0.15, 0.2) is 10.6 Å². The van der Waals surface area contributed by atoms with Gasteiger partial charge in [-0.25, -0.2) is 4.68 Å². The number of carbonyl (C=O) groups is 1. The number of hydrogen-bond acceptors (Lipinski definition) is 6. The van der Waals surface area contributed by atoms with E-state index in [1.54, 1.807) is 24.3 Å². The van der Waals surface area contributed by atoms with Crippen LogP contribution in [0.2, 0.25) is 0 Å². The average Bonchev–Trinajstić information content (AvgIpc) is 3.03. The fraction of sp³-hybridized carbons (Fsp3) is 0.368. The predicted octanol–water partition coefficient (Wildman–Crippen LogP) is 2.98. The topological polar surface area (TPSA) is 74.1 Å². The highest BCUT2D eigenvalue weighted by Crippen LogP contribution is 2.37. The molecule has 0 spiro atoms. The van der Waals surface area contributed by atoms with Gasteiger partial charge in [-0.3, -0.25) is 9.59 Å². The molecule has 0 aliphatic carbocycles. The zero-order chi connectivity index (χ0) is 18.3. The highest BCUT2D eigenvalue weighted by atomic mass is 32.1. The molecule has 26 heavy (non-hydrogen) atoms. The number of benzene rings is 1. The predicted molar refractivity (Wildman–Crippen MR) is 99.6 cm³/mol. The minimum absolute atomic E-state index is 0.113. The van der Waals surface area contributed by atoms with E-state index in [1.807, 2.05) is 6.07 Å². The zero-order valence-corrected chi connectivity index (χ0v) is 15.5. The molecule has 1 unspecified atom stereocenters. The van der Waals surface area contributed by atoms with Crippen LogP contribution in [0.25, 0.3) is 10.2 Å². The summed E-state index contributed by atoms with van der Waals surface area (Å²) in [6, 6.07) is 8.91. The van der Waals surface area contributed by atoms with E-state index in [0.29, 0.717) is 28.8 Å². The quantitative estimate of drug-likeness (QED) is 0.661. The standard InChI is InChI=1S/C19H19N3O3S/c1-3-19(2)9-13-15(11-25-19)26-17-16(13)18(24)22(21-20-17)10-14(23)12-7-5-4-6-8-12/h4-8H,3,9-11H2,1-2H3. The highest BCUT2D eigenvalue weighted by molar-refractivity contribution is 7.18. The first-order chi connectivity index (χ1) is 12.5. The van der Waals surface area contributed by atoms with Crippen molar-refractivity contribution in [3.63, 3.8) is 0 Å². The molecular weight excluding hydrogens is 350 g/mol. The minimum atomic E-state index is -0.276. The molecular formula is C19H19N3O3S. The van der Waals surface area contributed by atoms with Crippen molar-refractivity contribution in [3.8, 4) is 0 Å². The molecule has 0 radical (unpaired) electrons. The molecule has 3 aromatic rings. The summed E-state index contributed by atoms with van der Waals surface area (Å²) in [5.74, 6) is -0.160. The van der Waals surface area contributed by atoms with Crippen LogP contribution in [0.1, 0.15) is 41.1 Å². The highest BCUT2D eigenvalue weighted by Gasteiger charge is 2.33. The summed E-state index contributed by atoms with van der Waals surface area (Å²) in [5, 5.41) is 8.75. The number of aromatic nitrogens is 3. The number of nitrogens with zero attached hydrogens (tertiary/aromatic N) is 3. The molecule has 0 bridgehead atoms. The Kier molecular flexibility index (Phi) is 4.20.